The summed E-state index contributed by atoms with van der Waals surface area (Å²) in [6.07, 6.45) is -0.206. The Bertz CT molecular complexity index is 535. The SMILES string of the molecule is CC(C)C(=O)c1ccc2c(c1)NC(=O)CC(=O)N2. The summed E-state index contributed by atoms with van der Waals surface area (Å²) >= 11 is 0. The van der Waals surface area contributed by atoms with Crippen LogP contribution >= 0.6 is 0 Å². The monoisotopic (exact) mass is 246 g/mol. The second-order valence-electron chi connectivity index (χ2n) is 4.55. The Hall–Kier alpha value is -2.17. The predicted octanol–water partition coefficient (Wildman–Crippen LogP) is 1.81. The minimum atomic E-state index is -0.375. The minimum absolute atomic E-state index is 0.00243. The van der Waals surface area contributed by atoms with Crippen molar-refractivity contribution >= 4 is 29.0 Å². The molecule has 1 aromatic rings. The first kappa shape index (κ1) is 12.3. The number of hydrogen-bond acceptors (Lipinski definition) is 3. The number of hydrogen-bond donors (Lipinski definition) is 2. The molecule has 2 N–H and O–H groups in total. The van der Waals surface area contributed by atoms with Gasteiger partial charge in [-0.05, 0) is 18.2 Å². The fraction of sp³-hybridized carbons (Fsp3) is 0.308. The Kier molecular flexibility index (Phi) is 3.14. The van der Waals surface area contributed by atoms with Crippen molar-refractivity contribution in [2.45, 2.75) is 20.3 Å². The molecule has 18 heavy (non-hydrogen) atoms. The van der Waals surface area contributed by atoms with Crippen LogP contribution in [0, 0.1) is 5.92 Å². The van der Waals surface area contributed by atoms with Gasteiger partial charge in [0.15, 0.2) is 5.78 Å². The summed E-state index contributed by atoms with van der Waals surface area (Å²) in [4.78, 5) is 34.6. The van der Waals surface area contributed by atoms with Crippen LogP contribution in [-0.4, -0.2) is 17.6 Å². The molecule has 5 heteroatoms. The maximum atomic E-state index is 11.9. The van der Waals surface area contributed by atoms with E-state index in [0.29, 0.717) is 16.9 Å². The summed E-state index contributed by atoms with van der Waals surface area (Å²) in [6, 6.07) is 4.88. The van der Waals surface area contributed by atoms with E-state index in [1.54, 1.807) is 18.2 Å². The van der Waals surface area contributed by atoms with Crippen LogP contribution in [0.15, 0.2) is 18.2 Å². The fourth-order valence-corrected chi connectivity index (χ4v) is 1.78. The van der Waals surface area contributed by atoms with Gasteiger partial charge in [-0.3, -0.25) is 14.4 Å². The summed E-state index contributed by atoms with van der Waals surface area (Å²) < 4.78 is 0. The molecular weight excluding hydrogens is 232 g/mol. The molecule has 0 radical (unpaired) electrons. The Morgan fingerprint density at radius 3 is 2.33 bits per heavy atom. The van der Waals surface area contributed by atoms with Crippen LogP contribution < -0.4 is 10.6 Å². The third-order valence-corrected chi connectivity index (χ3v) is 2.70. The van der Waals surface area contributed by atoms with E-state index in [4.69, 9.17) is 0 Å². The largest absolute Gasteiger partial charge is 0.324 e. The molecule has 1 heterocycles. The molecule has 1 aliphatic heterocycles. The van der Waals surface area contributed by atoms with Crippen LogP contribution in [0.2, 0.25) is 0 Å². The number of Topliss-reactive ketones (excluding diaryl/α,β-unsaturated/α-hetero) is 1. The third kappa shape index (κ3) is 2.40. The number of carbonyl (C=O) groups is 3. The van der Waals surface area contributed by atoms with E-state index < -0.39 is 0 Å². The quantitative estimate of drug-likeness (QED) is 0.617. The van der Waals surface area contributed by atoms with E-state index in [9.17, 15) is 14.4 Å². The highest BCUT2D eigenvalue weighted by Gasteiger charge is 2.20. The summed E-state index contributed by atoms with van der Waals surface area (Å²) in [6.45, 7) is 3.63. The van der Waals surface area contributed by atoms with Crippen molar-refractivity contribution in [2.75, 3.05) is 10.6 Å². The van der Waals surface area contributed by atoms with Gasteiger partial charge in [-0.1, -0.05) is 13.8 Å². The molecule has 1 aliphatic rings. The van der Waals surface area contributed by atoms with Crippen molar-refractivity contribution in [1.29, 1.82) is 0 Å². The van der Waals surface area contributed by atoms with Crippen LogP contribution in [0.4, 0.5) is 11.4 Å². The van der Waals surface area contributed by atoms with Gasteiger partial charge in [0.25, 0.3) is 0 Å². The van der Waals surface area contributed by atoms with Crippen molar-refractivity contribution < 1.29 is 14.4 Å². The average Bonchev–Trinajstić information content (AvgIpc) is 2.43. The fourth-order valence-electron chi connectivity index (χ4n) is 1.78. The zero-order valence-corrected chi connectivity index (χ0v) is 10.2. The number of nitrogens with one attached hydrogen (secondary N) is 2. The third-order valence-electron chi connectivity index (χ3n) is 2.70. The molecule has 0 saturated heterocycles. The zero-order valence-electron chi connectivity index (χ0n) is 10.2. The Balaban J connectivity index is 2.40. The van der Waals surface area contributed by atoms with Crippen LogP contribution in [0.1, 0.15) is 30.6 Å². The molecule has 0 bridgehead atoms. The van der Waals surface area contributed by atoms with Crippen LogP contribution in [-0.2, 0) is 9.59 Å². The van der Waals surface area contributed by atoms with Gasteiger partial charge in [-0.2, -0.15) is 0 Å². The Labute approximate surface area is 105 Å². The number of fused-ring (bicyclic) bond motifs is 1. The molecule has 94 valence electrons. The van der Waals surface area contributed by atoms with Gasteiger partial charge in [-0.25, -0.2) is 0 Å². The van der Waals surface area contributed by atoms with Gasteiger partial charge >= 0.3 is 0 Å². The van der Waals surface area contributed by atoms with E-state index in [-0.39, 0.29) is 29.9 Å². The molecule has 5 nitrogen and oxygen atoms in total. The van der Waals surface area contributed by atoms with E-state index in [0.717, 1.165) is 0 Å². The Morgan fingerprint density at radius 1 is 1.11 bits per heavy atom. The highest BCUT2D eigenvalue weighted by molar-refractivity contribution is 6.14. The van der Waals surface area contributed by atoms with Crippen molar-refractivity contribution in [1.82, 2.24) is 0 Å². The maximum absolute atomic E-state index is 11.9. The van der Waals surface area contributed by atoms with Gasteiger partial charge < -0.3 is 10.6 Å². The minimum Gasteiger partial charge on any atom is -0.324 e. The lowest BCUT2D eigenvalue weighted by Gasteiger charge is -2.10. The van der Waals surface area contributed by atoms with Gasteiger partial charge in [0, 0.05) is 11.5 Å². The summed E-state index contributed by atoms with van der Waals surface area (Å²) in [5.41, 5.74) is 1.52. The van der Waals surface area contributed by atoms with Gasteiger partial charge in [0.2, 0.25) is 11.8 Å². The van der Waals surface area contributed by atoms with E-state index >= 15 is 0 Å². The molecule has 0 aromatic heterocycles. The Morgan fingerprint density at radius 2 is 1.72 bits per heavy atom. The number of amides is 2. The second kappa shape index (κ2) is 4.60. The first-order chi connectivity index (χ1) is 8.47. The molecule has 0 fully saturated rings. The van der Waals surface area contributed by atoms with Crippen molar-refractivity contribution in [2.24, 2.45) is 5.92 Å². The first-order valence-electron chi connectivity index (χ1n) is 5.75. The van der Waals surface area contributed by atoms with Crippen LogP contribution in [0.25, 0.3) is 0 Å². The smallest absolute Gasteiger partial charge is 0.233 e. The number of ketones is 1. The highest BCUT2D eigenvalue weighted by atomic mass is 16.2. The standard InChI is InChI=1S/C13H14N2O3/c1-7(2)13(18)8-3-4-9-10(5-8)15-12(17)6-11(16)14-9/h3-5,7H,6H2,1-2H3,(H,14,16)(H,15,17). The molecular formula is C13H14N2O3. The highest BCUT2D eigenvalue weighted by Crippen LogP contribution is 2.26. The van der Waals surface area contributed by atoms with Gasteiger partial charge in [0.05, 0.1) is 11.4 Å². The topological polar surface area (TPSA) is 75.3 Å². The zero-order chi connectivity index (χ0) is 13.3. The normalized spacial score (nSPS) is 14.6. The van der Waals surface area contributed by atoms with Crippen LogP contribution in [0.5, 0.6) is 0 Å². The predicted molar refractivity (Wildman–Crippen MR) is 67.5 cm³/mol. The van der Waals surface area contributed by atoms with Gasteiger partial charge in [-0.15, -0.1) is 0 Å². The number of rotatable bonds is 2. The summed E-state index contributed by atoms with van der Waals surface area (Å²) in [7, 11) is 0. The van der Waals surface area contributed by atoms with Crippen molar-refractivity contribution in [3.8, 4) is 0 Å². The van der Waals surface area contributed by atoms with Crippen molar-refractivity contribution in [3.05, 3.63) is 23.8 Å². The molecule has 0 spiro atoms. The lowest BCUT2D eigenvalue weighted by molar-refractivity contribution is -0.123. The molecule has 0 atom stereocenters. The molecule has 2 amide bonds. The molecule has 1 aromatic carbocycles. The summed E-state index contributed by atoms with van der Waals surface area (Å²) in [5, 5.41) is 5.23. The van der Waals surface area contributed by atoms with Crippen LogP contribution in [0.3, 0.4) is 0 Å². The number of anilines is 2. The van der Waals surface area contributed by atoms with Crippen molar-refractivity contribution in [3.63, 3.8) is 0 Å². The second-order valence-corrected chi connectivity index (χ2v) is 4.55. The molecule has 0 saturated carbocycles. The maximum Gasteiger partial charge on any atom is 0.233 e. The number of carbonyl (C=O) groups excluding carboxylic acids is 3. The van der Waals surface area contributed by atoms with Gasteiger partial charge in [0.1, 0.15) is 6.42 Å². The molecule has 2 rings (SSSR count). The number of benzene rings is 1. The summed E-state index contributed by atoms with van der Waals surface area (Å²) in [5.74, 6) is -0.837. The molecule has 0 unspecified atom stereocenters. The first-order valence-corrected chi connectivity index (χ1v) is 5.75. The van der Waals surface area contributed by atoms with E-state index in [1.165, 1.54) is 0 Å². The van der Waals surface area contributed by atoms with E-state index in [2.05, 4.69) is 10.6 Å². The average molecular weight is 246 g/mol. The lowest BCUT2D eigenvalue weighted by Crippen LogP contribution is -2.16. The van der Waals surface area contributed by atoms with E-state index in [1.807, 2.05) is 13.8 Å². The lowest BCUT2D eigenvalue weighted by atomic mass is 10.0. The molecule has 0 aliphatic carbocycles.